The van der Waals surface area contributed by atoms with Crippen molar-refractivity contribution in [2.75, 3.05) is 22.9 Å². The van der Waals surface area contributed by atoms with Gasteiger partial charge < -0.3 is 5.32 Å². The molecule has 0 fully saturated rings. The SMILES string of the molecule is CS(=O)(=O)N(Cc1ccc(C(=O)NCCSCc2ccc(Cl)cc2Cl)cc1)c1cccc(Cl)c1Cl. The van der Waals surface area contributed by atoms with Crippen LogP contribution < -0.4 is 9.62 Å². The molecule has 0 heterocycles. The summed E-state index contributed by atoms with van der Waals surface area (Å²) in [5, 5.41) is 4.53. The average molecular weight is 592 g/mol. The third kappa shape index (κ3) is 7.94. The van der Waals surface area contributed by atoms with Gasteiger partial charge in [0.1, 0.15) is 0 Å². The van der Waals surface area contributed by atoms with Gasteiger partial charge in [-0.05, 0) is 47.5 Å². The molecule has 0 unspecified atom stereocenters. The summed E-state index contributed by atoms with van der Waals surface area (Å²) >= 11 is 26.0. The number of rotatable bonds is 10. The Kier molecular flexibility index (Phi) is 10.0. The molecule has 5 nitrogen and oxygen atoms in total. The summed E-state index contributed by atoms with van der Waals surface area (Å²) in [5.41, 5.74) is 2.45. The Morgan fingerprint density at radius 3 is 2.34 bits per heavy atom. The van der Waals surface area contributed by atoms with Gasteiger partial charge in [-0.2, -0.15) is 11.8 Å². The topological polar surface area (TPSA) is 66.5 Å². The summed E-state index contributed by atoms with van der Waals surface area (Å²) in [4.78, 5) is 12.5. The number of anilines is 1. The van der Waals surface area contributed by atoms with Crippen molar-refractivity contribution in [3.05, 3.63) is 97.4 Å². The Labute approximate surface area is 229 Å². The fourth-order valence-corrected chi connectivity index (χ4v) is 5.91. The van der Waals surface area contributed by atoms with Crippen molar-refractivity contribution in [3.8, 4) is 0 Å². The molecule has 0 aromatic heterocycles. The van der Waals surface area contributed by atoms with Crippen LogP contribution in [0, 0.1) is 0 Å². The largest absolute Gasteiger partial charge is 0.351 e. The lowest BCUT2D eigenvalue weighted by Gasteiger charge is -2.24. The van der Waals surface area contributed by atoms with Gasteiger partial charge in [-0.25, -0.2) is 8.42 Å². The van der Waals surface area contributed by atoms with Crippen molar-refractivity contribution in [1.82, 2.24) is 5.32 Å². The first-order valence-electron chi connectivity index (χ1n) is 10.4. The average Bonchev–Trinajstić information content (AvgIpc) is 2.80. The molecule has 0 saturated carbocycles. The van der Waals surface area contributed by atoms with Gasteiger partial charge in [0.05, 0.1) is 28.5 Å². The molecule has 3 aromatic carbocycles. The number of nitrogens with zero attached hydrogens (tertiary/aromatic N) is 1. The van der Waals surface area contributed by atoms with Crippen LogP contribution in [-0.4, -0.2) is 32.9 Å². The Hall–Kier alpha value is -1.61. The van der Waals surface area contributed by atoms with Crippen molar-refractivity contribution in [2.24, 2.45) is 0 Å². The van der Waals surface area contributed by atoms with Gasteiger partial charge in [0, 0.05) is 33.7 Å². The molecule has 3 aromatic rings. The summed E-state index contributed by atoms with van der Waals surface area (Å²) in [5.74, 6) is 1.22. The Balaban J connectivity index is 1.55. The van der Waals surface area contributed by atoms with Crippen LogP contribution >= 0.6 is 58.2 Å². The lowest BCUT2D eigenvalue weighted by molar-refractivity contribution is 0.0956. The predicted octanol–water partition coefficient (Wildman–Crippen LogP) is 6.93. The molecule has 0 aliphatic carbocycles. The molecule has 1 amide bonds. The van der Waals surface area contributed by atoms with E-state index in [9.17, 15) is 13.2 Å². The van der Waals surface area contributed by atoms with E-state index in [-0.39, 0.29) is 22.5 Å². The first kappa shape index (κ1) is 28.0. The molecule has 186 valence electrons. The zero-order valence-electron chi connectivity index (χ0n) is 18.6. The van der Waals surface area contributed by atoms with Crippen molar-refractivity contribution in [2.45, 2.75) is 12.3 Å². The number of carbonyl (C=O) groups is 1. The number of hydrogen-bond donors (Lipinski definition) is 1. The first-order chi connectivity index (χ1) is 16.6. The Morgan fingerprint density at radius 1 is 0.971 bits per heavy atom. The van der Waals surface area contributed by atoms with Crippen LogP contribution in [0.1, 0.15) is 21.5 Å². The van der Waals surface area contributed by atoms with Crippen LogP contribution in [0.25, 0.3) is 0 Å². The van der Waals surface area contributed by atoms with Crippen molar-refractivity contribution in [1.29, 1.82) is 0 Å². The van der Waals surface area contributed by atoms with Crippen LogP contribution in [0.4, 0.5) is 5.69 Å². The number of benzene rings is 3. The highest BCUT2D eigenvalue weighted by Gasteiger charge is 2.21. The van der Waals surface area contributed by atoms with Gasteiger partial charge in [-0.3, -0.25) is 9.10 Å². The van der Waals surface area contributed by atoms with E-state index >= 15 is 0 Å². The fourth-order valence-electron chi connectivity index (χ4n) is 3.15. The van der Waals surface area contributed by atoms with E-state index in [1.165, 1.54) is 4.31 Å². The number of thioether (sulfide) groups is 1. The van der Waals surface area contributed by atoms with Gasteiger partial charge in [0.2, 0.25) is 10.0 Å². The summed E-state index contributed by atoms with van der Waals surface area (Å²) in [6.45, 7) is 0.538. The van der Waals surface area contributed by atoms with Gasteiger partial charge in [-0.1, -0.05) is 70.7 Å². The molecule has 0 spiro atoms. The number of nitrogens with one attached hydrogen (secondary N) is 1. The third-order valence-corrected chi connectivity index (χ3v) is 8.48. The van der Waals surface area contributed by atoms with E-state index in [1.54, 1.807) is 66.4 Å². The summed E-state index contributed by atoms with van der Waals surface area (Å²) in [6, 6.07) is 17.0. The highest BCUT2D eigenvalue weighted by Crippen LogP contribution is 2.34. The number of sulfonamides is 1. The van der Waals surface area contributed by atoms with Crippen LogP contribution in [0.2, 0.25) is 20.1 Å². The number of hydrogen-bond acceptors (Lipinski definition) is 4. The van der Waals surface area contributed by atoms with E-state index in [1.807, 2.05) is 6.07 Å². The van der Waals surface area contributed by atoms with E-state index in [4.69, 9.17) is 46.4 Å². The molecular formula is C24H22Cl4N2O3S2. The van der Waals surface area contributed by atoms with Gasteiger partial charge in [0.15, 0.2) is 0 Å². The zero-order valence-corrected chi connectivity index (χ0v) is 23.3. The summed E-state index contributed by atoms with van der Waals surface area (Å²) < 4.78 is 26.0. The molecule has 0 bridgehead atoms. The Morgan fingerprint density at radius 2 is 1.69 bits per heavy atom. The van der Waals surface area contributed by atoms with Crippen LogP contribution in [0.3, 0.4) is 0 Å². The van der Waals surface area contributed by atoms with Crippen LogP contribution in [-0.2, 0) is 22.3 Å². The molecule has 0 radical (unpaired) electrons. The molecule has 0 aliphatic rings. The van der Waals surface area contributed by atoms with Gasteiger partial charge >= 0.3 is 0 Å². The van der Waals surface area contributed by atoms with E-state index in [0.717, 1.165) is 11.8 Å². The minimum Gasteiger partial charge on any atom is -0.351 e. The minimum atomic E-state index is -3.63. The van der Waals surface area contributed by atoms with Gasteiger partial charge in [-0.15, -0.1) is 0 Å². The molecule has 11 heteroatoms. The summed E-state index contributed by atoms with van der Waals surface area (Å²) in [6.07, 6.45) is 1.10. The van der Waals surface area contributed by atoms with E-state index in [2.05, 4.69) is 5.32 Å². The molecule has 0 saturated heterocycles. The minimum absolute atomic E-state index is 0.0463. The van der Waals surface area contributed by atoms with Crippen molar-refractivity contribution < 1.29 is 13.2 Å². The maximum absolute atomic E-state index is 12.5. The zero-order chi connectivity index (χ0) is 25.6. The number of carbonyl (C=O) groups excluding carboxylic acids is 1. The van der Waals surface area contributed by atoms with E-state index < -0.39 is 10.0 Å². The molecule has 0 aliphatic heterocycles. The third-order valence-electron chi connectivity index (χ3n) is 4.95. The maximum atomic E-state index is 12.5. The summed E-state index contributed by atoms with van der Waals surface area (Å²) in [7, 11) is -3.63. The first-order valence-corrected chi connectivity index (χ1v) is 14.9. The van der Waals surface area contributed by atoms with E-state index in [0.29, 0.717) is 44.9 Å². The molecule has 0 atom stereocenters. The Bertz CT molecular complexity index is 1300. The highest BCUT2D eigenvalue weighted by atomic mass is 35.5. The van der Waals surface area contributed by atoms with Gasteiger partial charge in [0.25, 0.3) is 5.91 Å². The smallest absolute Gasteiger partial charge is 0.251 e. The fraction of sp³-hybridized carbons (Fsp3) is 0.208. The van der Waals surface area contributed by atoms with Crippen molar-refractivity contribution >= 4 is 79.8 Å². The highest BCUT2D eigenvalue weighted by molar-refractivity contribution is 7.98. The lowest BCUT2D eigenvalue weighted by atomic mass is 10.1. The normalized spacial score (nSPS) is 11.3. The molecule has 1 N–H and O–H groups in total. The standard InChI is InChI=1S/C24H22Cl4N2O3S2/c1-35(32,33)30(22-4-2-3-20(26)23(22)28)14-16-5-7-17(8-6-16)24(31)29-11-12-34-15-18-9-10-19(25)13-21(18)27/h2-10,13H,11-12,14-15H2,1H3,(H,29,31). The quantitative estimate of drug-likeness (QED) is 0.260. The maximum Gasteiger partial charge on any atom is 0.251 e. The molecule has 3 rings (SSSR count). The number of halogens is 4. The monoisotopic (exact) mass is 590 g/mol. The second kappa shape index (κ2) is 12.6. The molecule has 35 heavy (non-hydrogen) atoms. The lowest BCUT2D eigenvalue weighted by Crippen LogP contribution is -2.29. The molecular weight excluding hydrogens is 570 g/mol. The van der Waals surface area contributed by atoms with Crippen LogP contribution in [0.15, 0.2) is 60.7 Å². The number of amides is 1. The van der Waals surface area contributed by atoms with Crippen LogP contribution in [0.5, 0.6) is 0 Å². The second-order valence-corrected chi connectivity index (χ2v) is 12.2. The van der Waals surface area contributed by atoms with Crippen molar-refractivity contribution in [3.63, 3.8) is 0 Å². The predicted molar refractivity (Wildman–Crippen MR) is 149 cm³/mol. The second-order valence-electron chi connectivity index (χ2n) is 7.58.